The molecule has 128 valence electrons. The molecule has 1 heterocycles. The molecule has 0 aliphatic rings. The van der Waals surface area contributed by atoms with Crippen molar-refractivity contribution >= 4 is 23.1 Å². The number of hydrogen-bond acceptors (Lipinski definition) is 5. The van der Waals surface area contributed by atoms with Crippen LogP contribution in [0.3, 0.4) is 0 Å². The molecule has 0 bridgehead atoms. The number of nitrogens with one attached hydrogen (secondary N) is 2. The Kier molecular flexibility index (Phi) is 4.80. The average molecular weight is 351 g/mol. The minimum Gasteiger partial charge on any atom is -0.337 e. The summed E-state index contributed by atoms with van der Waals surface area (Å²) < 4.78 is 26.5. The Morgan fingerprint density at radius 3 is 2.42 bits per heavy atom. The average Bonchev–Trinajstić information content (AvgIpc) is 2.65. The number of rotatable bonds is 4. The number of halogens is 2. The molecule has 3 rings (SSSR count). The van der Waals surface area contributed by atoms with Gasteiger partial charge in [0.05, 0.1) is 29.7 Å². The largest absolute Gasteiger partial charge is 0.337 e. The van der Waals surface area contributed by atoms with E-state index in [9.17, 15) is 13.6 Å². The zero-order valence-electron chi connectivity index (χ0n) is 13.2. The smallest absolute Gasteiger partial charge is 0.275 e. The number of nitriles is 1. The highest BCUT2D eigenvalue weighted by Crippen LogP contribution is 2.19. The Hall–Kier alpha value is -3.86. The molecule has 0 radical (unpaired) electrons. The number of amides is 1. The fourth-order valence-electron chi connectivity index (χ4n) is 2.06. The molecule has 3 aromatic rings. The first kappa shape index (κ1) is 17.0. The molecule has 2 N–H and O–H groups in total. The summed E-state index contributed by atoms with van der Waals surface area (Å²) in [4.78, 5) is 20.1. The highest BCUT2D eigenvalue weighted by Gasteiger charge is 2.10. The second-order valence-electron chi connectivity index (χ2n) is 5.18. The molecule has 6 nitrogen and oxygen atoms in total. The monoisotopic (exact) mass is 351 g/mol. The minimum absolute atomic E-state index is 0.0375. The molecule has 26 heavy (non-hydrogen) atoms. The van der Waals surface area contributed by atoms with Crippen molar-refractivity contribution in [3.8, 4) is 6.07 Å². The lowest BCUT2D eigenvalue weighted by atomic mass is 10.2. The predicted molar refractivity (Wildman–Crippen MR) is 90.8 cm³/mol. The number of carbonyl (C=O) groups excluding carboxylic acids is 1. The van der Waals surface area contributed by atoms with Crippen molar-refractivity contribution in [1.29, 1.82) is 5.26 Å². The van der Waals surface area contributed by atoms with Crippen molar-refractivity contribution in [2.45, 2.75) is 0 Å². The van der Waals surface area contributed by atoms with Gasteiger partial charge in [0, 0.05) is 11.8 Å². The summed E-state index contributed by atoms with van der Waals surface area (Å²) in [5.41, 5.74) is 1.08. The minimum atomic E-state index is -0.769. The lowest BCUT2D eigenvalue weighted by Gasteiger charge is -2.08. The van der Waals surface area contributed by atoms with Gasteiger partial charge in [0.2, 0.25) is 0 Å². The Bertz CT molecular complexity index is 982. The Morgan fingerprint density at radius 2 is 1.81 bits per heavy atom. The Labute approximate surface area is 147 Å². The van der Waals surface area contributed by atoms with Gasteiger partial charge in [-0.2, -0.15) is 5.26 Å². The van der Waals surface area contributed by atoms with Crippen LogP contribution in [0, 0.1) is 23.0 Å². The number of nitrogens with zero attached hydrogens (tertiary/aromatic N) is 3. The van der Waals surface area contributed by atoms with Crippen LogP contribution >= 0.6 is 0 Å². The van der Waals surface area contributed by atoms with Gasteiger partial charge in [-0.15, -0.1) is 0 Å². The second kappa shape index (κ2) is 7.36. The second-order valence-corrected chi connectivity index (χ2v) is 5.18. The summed E-state index contributed by atoms with van der Waals surface area (Å²) in [6, 6.07) is 11.4. The molecule has 0 saturated carbocycles. The zero-order valence-corrected chi connectivity index (χ0v) is 13.2. The van der Waals surface area contributed by atoms with Gasteiger partial charge in [0.1, 0.15) is 23.1 Å². The van der Waals surface area contributed by atoms with Crippen LogP contribution in [0.15, 0.2) is 54.9 Å². The molecule has 8 heteroatoms. The van der Waals surface area contributed by atoms with E-state index in [4.69, 9.17) is 5.26 Å². The third-order valence-corrected chi connectivity index (χ3v) is 3.35. The molecule has 0 spiro atoms. The summed E-state index contributed by atoms with van der Waals surface area (Å²) in [5.74, 6) is -1.74. The lowest BCUT2D eigenvalue weighted by molar-refractivity contribution is 0.102. The number of carbonyl (C=O) groups is 1. The molecule has 0 aliphatic heterocycles. The maximum Gasteiger partial charge on any atom is 0.275 e. The van der Waals surface area contributed by atoms with Gasteiger partial charge in [0.15, 0.2) is 0 Å². The highest BCUT2D eigenvalue weighted by atomic mass is 19.1. The van der Waals surface area contributed by atoms with Gasteiger partial charge in [-0.3, -0.25) is 4.79 Å². The van der Waals surface area contributed by atoms with Crippen molar-refractivity contribution in [3.05, 3.63) is 77.8 Å². The third kappa shape index (κ3) is 3.96. The third-order valence-electron chi connectivity index (χ3n) is 3.35. The molecule has 0 unspecified atom stereocenters. The summed E-state index contributed by atoms with van der Waals surface area (Å²) in [6.45, 7) is 0. The van der Waals surface area contributed by atoms with E-state index in [2.05, 4.69) is 20.6 Å². The van der Waals surface area contributed by atoms with Crippen LogP contribution in [0.4, 0.5) is 26.0 Å². The number of aromatic nitrogens is 2. The van der Waals surface area contributed by atoms with E-state index in [0.717, 1.165) is 12.1 Å². The SMILES string of the molecule is N#Cc1ccc(NC(=O)c2cnc(Nc3ccc(F)cc3F)cn2)cc1. The van der Waals surface area contributed by atoms with Gasteiger partial charge in [-0.25, -0.2) is 18.7 Å². The first-order valence-corrected chi connectivity index (χ1v) is 7.41. The quantitative estimate of drug-likeness (QED) is 0.749. The fraction of sp³-hybridized carbons (Fsp3) is 0. The van der Waals surface area contributed by atoms with Gasteiger partial charge in [-0.1, -0.05) is 0 Å². The van der Waals surface area contributed by atoms with Crippen LogP contribution in [0.25, 0.3) is 0 Å². The van der Waals surface area contributed by atoms with Gasteiger partial charge < -0.3 is 10.6 Å². The van der Waals surface area contributed by atoms with E-state index >= 15 is 0 Å². The van der Waals surface area contributed by atoms with Gasteiger partial charge in [0.25, 0.3) is 5.91 Å². The summed E-state index contributed by atoms with van der Waals surface area (Å²) in [7, 11) is 0. The maximum absolute atomic E-state index is 13.6. The van der Waals surface area contributed by atoms with E-state index in [-0.39, 0.29) is 17.2 Å². The number of hydrogen-bond donors (Lipinski definition) is 2. The van der Waals surface area contributed by atoms with Crippen molar-refractivity contribution < 1.29 is 13.6 Å². The predicted octanol–water partition coefficient (Wildman–Crippen LogP) is 3.62. The van der Waals surface area contributed by atoms with E-state index in [1.165, 1.54) is 18.5 Å². The molecule has 1 aromatic heterocycles. The van der Waals surface area contributed by atoms with Crippen molar-refractivity contribution in [2.75, 3.05) is 10.6 Å². The van der Waals surface area contributed by atoms with Crippen molar-refractivity contribution in [2.24, 2.45) is 0 Å². The van der Waals surface area contributed by atoms with Crippen LogP contribution in [0.2, 0.25) is 0 Å². The molecule has 0 atom stereocenters. The van der Waals surface area contributed by atoms with Crippen molar-refractivity contribution in [3.63, 3.8) is 0 Å². The molecular weight excluding hydrogens is 340 g/mol. The number of anilines is 3. The van der Waals surface area contributed by atoms with Gasteiger partial charge in [-0.05, 0) is 36.4 Å². The summed E-state index contributed by atoms with van der Waals surface area (Å²) in [5, 5.41) is 14.0. The Morgan fingerprint density at radius 1 is 1.04 bits per heavy atom. The van der Waals surface area contributed by atoms with Crippen molar-refractivity contribution in [1.82, 2.24) is 9.97 Å². The summed E-state index contributed by atoms with van der Waals surface area (Å²) >= 11 is 0. The van der Waals surface area contributed by atoms with Crippen LogP contribution in [0.5, 0.6) is 0 Å². The lowest BCUT2D eigenvalue weighted by Crippen LogP contribution is -2.14. The molecule has 1 amide bonds. The molecule has 0 fully saturated rings. The molecule has 2 aromatic carbocycles. The van der Waals surface area contributed by atoms with E-state index in [1.807, 2.05) is 6.07 Å². The summed E-state index contributed by atoms with van der Waals surface area (Å²) in [6.07, 6.45) is 2.49. The first-order valence-electron chi connectivity index (χ1n) is 7.41. The van der Waals surface area contributed by atoms with Crippen LogP contribution in [-0.2, 0) is 0 Å². The topological polar surface area (TPSA) is 90.7 Å². The van der Waals surface area contributed by atoms with E-state index in [0.29, 0.717) is 11.3 Å². The highest BCUT2D eigenvalue weighted by molar-refractivity contribution is 6.02. The van der Waals surface area contributed by atoms with Crippen LogP contribution in [0.1, 0.15) is 16.1 Å². The Balaban J connectivity index is 1.68. The molecule has 0 aliphatic carbocycles. The first-order chi connectivity index (χ1) is 12.5. The molecular formula is C18H11F2N5O. The van der Waals surface area contributed by atoms with Crippen LogP contribution in [-0.4, -0.2) is 15.9 Å². The maximum atomic E-state index is 13.6. The van der Waals surface area contributed by atoms with E-state index < -0.39 is 17.5 Å². The van der Waals surface area contributed by atoms with E-state index in [1.54, 1.807) is 24.3 Å². The standard InChI is InChI=1S/C18H11F2N5O/c19-12-3-6-15(14(20)7-12)25-17-10-22-16(9-23-17)18(26)24-13-4-1-11(8-21)2-5-13/h1-7,9-10H,(H,23,25)(H,24,26). The van der Waals surface area contributed by atoms with Gasteiger partial charge >= 0.3 is 0 Å². The molecule has 0 saturated heterocycles. The fourth-order valence-corrected chi connectivity index (χ4v) is 2.06. The normalized spacial score (nSPS) is 10.0. The zero-order chi connectivity index (χ0) is 18.5. The van der Waals surface area contributed by atoms with Crippen LogP contribution < -0.4 is 10.6 Å². The number of benzene rings is 2.